The summed E-state index contributed by atoms with van der Waals surface area (Å²) in [6.07, 6.45) is 4.68. The lowest BCUT2D eigenvalue weighted by molar-refractivity contribution is 0.0924. The van der Waals surface area contributed by atoms with Gasteiger partial charge in [-0.3, -0.25) is 0 Å². The van der Waals surface area contributed by atoms with Crippen LogP contribution in [0.5, 0.6) is 0 Å². The average Bonchev–Trinajstić information content (AvgIpc) is 3.02. The zero-order valence-electron chi connectivity index (χ0n) is 10.4. The minimum atomic E-state index is 0.480. The molecule has 0 aliphatic carbocycles. The van der Waals surface area contributed by atoms with Gasteiger partial charge in [0.2, 0.25) is 0 Å². The number of hydrogen-bond acceptors (Lipinski definition) is 3. The lowest BCUT2D eigenvalue weighted by atomic mass is 9.89. The van der Waals surface area contributed by atoms with E-state index in [2.05, 4.69) is 11.4 Å². The quantitative estimate of drug-likeness (QED) is 0.880. The molecule has 1 N–H and O–H groups in total. The van der Waals surface area contributed by atoms with E-state index < -0.39 is 0 Å². The van der Waals surface area contributed by atoms with Crippen LogP contribution < -0.4 is 5.32 Å². The minimum absolute atomic E-state index is 0.480. The van der Waals surface area contributed by atoms with Crippen LogP contribution in [0, 0.1) is 17.2 Å². The van der Waals surface area contributed by atoms with Crippen LogP contribution in [-0.2, 0) is 11.3 Å². The van der Waals surface area contributed by atoms with Crippen LogP contribution in [0.3, 0.4) is 0 Å². The summed E-state index contributed by atoms with van der Waals surface area (Å²) in [7, 11) is 0. The summed E-state index contributed by atoms with van der Waals surface area (Å²) in [6, 6.07) is 10.0. The Bertz CT molecular complexity index is 466. The van der Waals surface area contributed by atoms with Crippen molar-refractivity contribution in [3.8, 4) is 6.07 Å². The molecule has 0 aromatic heterocycles. The van der Waals surface area contributed by atoms with E-state index in [9.17, 15) is 0 Å². The first-order valence-electron chi connectivity index (χ1n) is 6.71. The zero-order valence-corrected chi connectivity index (χ0v) is 10.4. The van der Waals surface area contributed by atoms with E-state index in [-0.39, 0.29) is 0 Å². The maximum atomic E-state index is 9.02. The minimum Gasteiger partial charge on any atom is -0.375 e. The smallest absolute Gasteiger partial charge is 0.0995 e. The lowest BCUT2D eigenvalue weighted by Gasteiger charge is -2.19. The Morgan fingerprint density at radius 1 is 1.33 bits per heavy atom. The van der Waals surface area contributed by atoms with Gasteiger partial charge < -0.3 is 10.1 Å². The third-order valence-corrected chi connectivity index (χ3v) is 4.09. The number of nitriles is 1. The molecule has 2 aliphatic rings. The highest BCUT2D eigenvalue weighted by Gasteiger charge is 2.40. The monoisotopic (exact) mass is 242 g/mol. The van der Waals surface area contributed by atoms with Gasteiger partial charge >= 0.3 is 0 Å². The molecule has 3 rings (SSSR count). The predicted octanol–water partition coefficient (Wildman–Crippen LogP) is 2.22. The molecule has 0 saturated carbocycles. The summed E-state index contributed by atoms with van der Waals surface area (Å²) in [5.74, 6) is 0.665. The second-order valence-corrected chi connectivity index (χ2v) is 5.27. The number of nitrogens with zero attached hydrogens (tertiary/aromatic N) is 1. The molecular formula is C15H18N2O. The van der Waals surface area contributed by atoms with Crippen molar-refractivity contribution in [2.24, 2.45) is 5.92 Å². The van der Waals surface area contributed by atoms with Gasteiger partial charge in [-0.15, -0.1) is 0 Å². The number of fused-ring (bicyclic) bond motifs is 2. The molecule has 0 radical (unpaired) electrons. The van der Waals surface area contributed by atoms with Crippen LogP contribution in [0.4, 0.5) is 0 Å². The molecule has 0 amide bonds. The topological polar surface area (TPSA) is 45.0 Å². The average molecular weight is 242 g/mol. The van der Waals surface area contributed by atoms with Gasteiger partial charge in [0.05, 0.1) is 23.8 Å². The first-order chi connectivity index (χ1) is 8.86. The van der Waals surface area contributed by atoms with Crippen molar-refractivity contribution in [2.75, 3.05) is 6.54 Å². The summed E-state index contributed by atoms with van der Waals surface area (Å²) < 4.78 is 5.84. The van der Waals surface area contributed by atoms with Crippen molar-refractivity contribution in [2.45, 2.75) is 38.0 Å². The molecule has 2 heterocycles. The molecule has 0 spiro atoms. The Balaban J connectivity index is 1.51. The molecule has 2 saturated heterocycles. The van der Waals surface area contributed by atoms with Crippen molar-refractivity contribution in [3.05, 3.63) is 35.4 Å². The highest BCUT2D eigenvalue weighted by Crippen LogP contribution is 2.38. The Morgan fingerprint density at radius 3 is 2.94 bits per heavy atom. The summed E-state index contributed by atoms with van der Waals surface area (Å²) in [6.45, 7) is 1.78. The Labute approximate surface area is 108 Å². The number of rotatable bonds is 4. The Kier molecular flexibility index (Phi) is 3.31. The second kappa shape index (κ2) is 5.09. The van der Waals surface area contributed by atoms with Crippen LogP contribution in [0.1, 0.15) is 30.4 Å². The van der Waals surface area contributed by atoms with Gasteiger partial charge in [0.25, 0.3) is 0 Å². The largest absolute Gasteiger partial charge is 0.375 e. The molecule has 2 bridgehead atoms. The predicted molar refractivity (Wildman–Crippen MR) is 68.9 cm³/mol. The van der Waals surface area contributed by atoms with Crippen molar-refractivity contribution in [1.29, 1.82) is 5.26 Å². The molecule has 3 atom stereocenters. The van der Waals surface area contributed by atoms with Gasteiger partial charge in [-0.05, 0) is 30.9 Å². The highest BCUT2D eigenvalue weighted by molar-refractivity contribution is 5.37. The molecular weight excluding hydrogens is 224 g/mol. The fraction of sp³-hybridized carbons (Fsp3) is 0.533. The van der Waals surface area contributed by atoms with Gasteiger partial charge in [0.15, 0.2) is 0 Å². The van der Waals surface area contributed by atoms with Crippen molar-refractivity contribution in [1.82, 2.24) is 5.32 Å². The van der Waals surface area contributed by atoms with Gasteiger partial charge in [-0.25, -0.2) is 0 Å². The van der Waals surface area contributed by atoms with Crippen LogP contribution in [0.2, 0.25) is 0 Å². The lowest BCUT2D eigenvalue weighted by Crippen LogP contribution is -2.29. The highest BCUT2D eigenvalue weighted by atomic mass is 16.5. The van der Waals surface area contributed by atoms with E-state index in [1.165, 1.54) is 19.3 Å². The number of nitrogens with one attached hydrogen (secondary N) is 1. The van der Waals surface area contributed by atoms with Crippen molar-refractivity contribution < 1.29 is 4.74 Å². The van der Waals surface area contributed by atoms with Gasteiger partial charge in [0, 0.05) is 19.0 Å². The zero-order chi connectivity index (χ0) is 12.4. The normalized spacial score (nSPS) is 29.4. The van der Waals surface area contributed by atoms with Crippen LogP contribution in [-0.4, -0.2) is 18.8 Å². The fourth-order valence-electron chi connectivity index (χ4n) is 3.13. The van der Waals surface area contributed by atoms with E-state index in [0.29, 0.717) is 18.1 Å². The molecule has 94 valence electrons. The van der Waals surface area contributed by atoms with Crippen LogP contribution in [0.25, 0.3) is 0 Å². The first kappa shape index (κ1) is 11.7. The van der Waals surface area contributed by atoms with E-state index in [4.69, 9.17) is 10.00 Å². The van der Waals surface area contributed by atoms with Gasteiger partial charge in [-0.1, -0.05) is 18.2 Å². The van der Waals surface area contributed by atoms with Gasteiger partial charge in [-0.2, -0.15) is 5.26 Å². The summed E-state index contributed by atoms with van der Waals surface area (Å²) in [5, 5.41) is 12.5. The van der Waals surface area contributed by atoms with Crippen LogP contribution in [0.15, 0.2) is 24.3 Å². The number of hydrogen-bond donors (Lipinski definition) is 1. The molecule has 18 heavy (non-hydrogen) atoms. The standard InChI is InChI=1S/C15H18N2O/c16-8-11-3-1-2-4-12(11)9-17-10-13-7-14-5-6-15(13)18-14/h1-4,13-15,17H,5-7,9-10H2. The SMILES string of the molecule is N#Cc1ccccc1CNCC1CC2CCC1O2. The van der Waals surface area contributed by atoms with E-state index in [0.717, 1.165) is 24.2 Å². The third kappa shape index (κ3) is 2.27. The molecule has 3 heteroatoms. The van der Waals surface area contributed by atoms with E-state index in [1.54, 1.807) is 0 Å². The maximum absolute atomic E-state index is 9.02. The fourth-order valence-corrected chi connectivity index (χ4v) is 3.13. The third-order valence-electron chi connectivity index (χ3n) is 4.09. The van der Waals surface area contributed by atoms with E-state index in [1.807, 2.05) is 24.3 Å². The molecule has 2 aliphatic heterocycles. The van der Waals surface area contributed by atoms with E-state index >= 15 is 0 Å². The Hall–Kier alpha value is -1.37. The molecule has 1 aromatic carbocycles. The Morgan fingerprint density at radius 2 is 2.22 bits per heavy atom. The molecule has 1 aromatic rings. The van der Waals surface area contributed by atoms with Crippen molar-refractivity contribution in [3.63, 3.8) is 0 Å². The molecule has 2 fully saturated rings. The number of benzene rings is 1. The molecule has 3 nitrogen and oxygen atoms in total. The molecule has 3 unspecified atom stereocenters. The maximum Gasteiger partial charge on any atom is 0.0995 e. The summed E-state index contributed by atoms with van der Waals surface area (Å²) in [4.78, 5) is 0. The van der Waals surface area contributed by atoms with Gasteiger partial charge in [0.1, 0.15) is 0 Å². The summed E-state index contributed by atoms with van der Waals surface area (Å²) >= 11 is 0. The van der Waals surface area contributed by atoms with Crippen molar-refractivity contribution >= 4 is 0 Å². The first-order valence-corrected chi connectivity index (χ1v) is 6.71. The van der Waals surface area contributed by atoms with Crippen LogP contribution >= 0.6 is 0 Å². The summed E-state index contributed by atoms with van der Waals surface area (Å²) in [5.41, 5.74) is 1.86. The number of ether oxygens (including phenoxy) is 1. The second-order valence-electron chi connectivity index (χ2n) is 5.27.